The van der Waals surface area contributed by atoms with Crippen LogP contribution in [-0.2, 0) is 11.3 Å². The van der Waals surface area contributed by atoms with Crippen LogP contribution in [-0.4, -0.2) is 46.7 Å². The van der Waals surface area contributed by atoms with Gasteiger partial charge in [0.2, 0.25) is 5.91 Å². The number of likely N-dealkylation sites (N-methyl/N-ethyl adjacent to an activating group) is 1. The number of amides is 1. The molecule has 1 aromatic heterocycles. The summed E-state index contributed by atoms with van der Waals surface area (Å²) in [5.74, 6) is 0.421. The van der Waals surface area contributed by atoms with Crippen LogP contribution in [0, 0.1) is 5.82 Å². The zero-order valence-electron chi connectivity index (χ0n) is 20.0. The van der Waals surface area contributed by atoms with Crippen molar-refractivity contribution in [1.29, 1.82) is 0 Å². The Morgan fingerprint density at radius 3 is 2.60 bits per heavy atom. The molecule has 1 fully saturated rings. The molecule has 3 aliphatic rings. The minimum absolute atomic E-state index is 0.0165. The Morgan fingerprint density at radius 2 is 1.83 bits per heavy atom. The van der Waals surface area contributed by atoms with Crippen molar-refractivity contribution in [2.24, 2.45) is 0 Å². The Bertz CT molecular complexity index is 1340. The van der Waals surface area contributed by atoms with Gasteiger partial charge in [0.1, 0.15) is 6.54 Å². The number of nitrogens with zero attached hydrogens (tertiary/aromatic N) is 3. The summed E-state index contributed by atoms with van der Waals surface area (Å²) in [5.41, 5.74) is 3.85. The van der Waals surface area contributed by atoms with E-state index in [9.17, 15) is 14.0 Å². The smallest absolute Gasteiger partial charge is 0.329 e. The van der Waals surface area contributed by atoms with Gasteiger partial charge in [-0.1, -0.05) is 18.2 Å². The number of fused-ring (bicyclic) bond motifs is 1. The molecule has 3 aromatic rings. The van der Waals surface area contributed by atoms with Gasteiger partial charge in [-0.3, -0.25) is 18.8 Å². The van der Waals surface area contributed by atoms with E-state index in [-0.39, 0.29) is 36.0 Å². The molecule has 35 heavy (non-hydrogen) atoms. The number of benzene rings is 2. The number of para-hydroxylation sites is 2. The number of aromatic nitrogens is 2. The number of hydrogen-bond acceptors (Lipinski definition) is 4. The highest BCUT2D eigenvalue weighted by molar-refractivity contribution is 5.80. The summed E-state index contributed by atoms with van der Waals surface area (Å²) in [7, 11) is 1.58. The number of likely N-dealkylation sites (tertiary alicyclic amines) is 1. The molecule has 3 heterocycles. The van der Waals surface area contributed by atoms with Crippen molar-refractivity contribution in [3.63, 3.8) is 0 Å². The molecule has 8 heteroatoms. The molecular formula is C27H31FN4O3. The quantitative estimate of drug-likeness (QED) is 0.621. The van der Waals surface area contributed by atoms with Gasteiger partial charge >= 0.3 is 5.69 Å². The summed E-state index contributed by atoms with van der Waals surface area (Å²) < 4.78 is 23.7. The van der Waals surface area contributed by atoms with Crippen molar-refractivity contribution in [2.45, 2.75) is 56.7 Å². The minimum atomic E-state index is -0.250. The molecule has 7 nitrogen and oxygen atoms in total. The lowest BCUT2D eigenvalue weighted by molar-refractivity contribution is -0.121. The SMILES string of the molecule is CNC(=O)Cn1c(=O)n(C2CCN(C3CCC4CCOc5c(F)ccc3c54)CC2)c2ccccc21. The van der Waals surface area contributed by atoms with Crippen molar-refractivity contribution in [2.75, 3.05) is 26.7 Å². The average Bonchev–Trinajstić information content (AvgIpc) is 3.17. The van der Waals surface area contributed by atoms with Crippen molar-refractivity contribution < 1.29 is 13.9 Å². The van der Waals surface area contributed by atoms with Crippen LogP contribution in [0.5, 0.6) is 5.75 Å². The van der Waals surface area contributed by atoms with Crippen molar-refractivity contribution >= 4 is 16.9 Å². The van der Waals surface area contributed by atoms with Gasteiger partial charge in [-0.15, -0.1) is 0 Å². The third-order valence-electron chi connectivity index (χ3n) is 8.20. The largest absolute Gasteiger partial charge is 0.490 e. The summed E-state index contributed by atoms with van der Waals surface area (Å²) in [6.45, 7) is 2.35. The van der Waals surface area contributed by atoms with E-state index < -0.39 is 0 Å². The predicted molar refractivity (Wildman–Crippen MR) is 131 cm³/mol. The molecule has 0 saturated carbocycles. The lowest BCUT2D eigenvalue weighted by atomic mass is 9.76. The zero-order chi connectivity index (χ0) is 24.1. The Morgan fingerprint density at radius 1 is 1.06 bits per heavy atom. The Labute approximate surface area is 203 Å². The number of hydrogen-bond donors (Lipinski definition) is 1. The summed E-state index contributed by atoms with van der Waals surface area (Å²) in [4.78, 5) is 28.0. The zero-order valence-corrected chi connectivity index (χ0v) is 20.0. The van der Waals surface area contributed by atoms with E-state index >= 15 is 0 Å². The Balaban J connectivity index is 1.26. The minimum Gasteiger partial charge on any atom is -0.490 e. The number of imidazole rings is 1. The molecule has 1 amide bonds. The Kier molecular flexibility index (Phi) is 5.63. The van der Waals surface area contributed by atoms with E-state index in [0.717, 1.165) is 61.8 Å². The van der Waals surface area contributed by atoms with Crippen molar-refractivity contribution in [1.82, 2.24) is 19.4 Å². The molecule has 0 spiro atoms. The summed E-state index contributed by atoms with van der Waals surface area (Å²) in [6, 6.07) is 11.6. The van der Waals surface area contributed by atoms with Gasteiger partial charge in [-0.05, 0) is 61.8 Å². The molecule has 2 aliphatic heterocycles. The number of piperidine rings is 1. The number of nitrogens with one attached hydrogen (secondary N) is 1. The maximum absolute atomic E-state index is 14.5. The molecule has 6 rings (SSSR count). The van der Waals surface area contributed by atoms with E-state index in [2.05, 4.69) is 10.2 Å². The molecule has 2 aromatic carbocycles. The highest BCUT2D eigenvalue weighted by Gasteiger charge is 2.38. The second kappa shape index (κ2) is 8.82. The van der Waals surface area contributed by atoms with E-state index in [1.54, 1.807) is 17.7 Å². The monoisotopic (exact) mass is 478 g/mol. The van der Waals surface area contributed by atoms with Gasteiger partial charge in [0.25, 0.3) is 0 Å². The molecule has 2 atom stereocenters. The van der Waals surface area contributed by atoms with E-state index in [0.29, 0.717) is 18.3 Å². The van der Waals surface area contributed by atoms with E-state index in [1.165, 1.54) is 5.56 Å². The first kappa shape index (κ1) is 22.3. The predicted octanol–water partition coefficient (Wildman–Crippen LogP) is 3.73. The van der Waals surface area contributed by atoms with Gasteiger partial charge in [0, 0.05) is 37.8 Å². The molecule has 1 N–H and O–H groups in total. The fourth-order valence-electron chi connectivity index (χ4n) is 6.49. The number of rotatable bonds is 4. The normalized spacial score (nSPS) is 22.6. The summed E-state index contributed by atoms with van der Waals surface area (Å²) in [5, 5.41) is 2.62. The molecule has 184 valence electrons. The third-order valence-corrected chi connectivity index (χ3v) is 8.20. The second-order valence-corrected chi connectivity index (χ2v) is 9.97. The van der Waals surface area contributed by atoms with Gasteiger partial charge < -0.3 is 10.1 Å². The summed E-state index contributed by atoms with van der Waals surface area (Å²) >= 11 is 0. The highest BCUT2D eigenvalue weighted by Crippen LogP contribution is 2.49. The van der Waals surface area contributed by atoms with Crippen molar-refractivity contribution in [3.8, 4) is 5.75 Å². The molecule has 0 bridgehead atoms. The van der Waals surface area contributed by atoms with Gasteiger partial charge in [0.05, 0.1) is 17.6 Å². The Hall–Kier alpha value is -3.13. The maximum Gasteiger partial charge on any atom is 0.329 e. The topological polar surface area (TPSA) is 68.5 Å². The van der Waals surface area contributed by atoms with Crippen molar-refractivity contribution in [3.05, 3.63) is 63.8 Å². The molecule has 1 aliphatic carbocycles. The van der Waals surface area contributed by atoms with E-state index in [4.69, 9.17) is 4.74 Å². The van der Waals surface area contributed by atoms with Gasteiger partial charge in [-0.2, -0.15) is 0 Å². The number of carbonyl (C=O) groups is 1. The van der Waals surface area contributed by atoms with Crippen LogP contribution in [0.25, 0.3) is 11.0 Å². The number of halogens is 1. The molecule has 0 radical (unpaired) electrons. The molecular weight excluding hydrogens is 447 g/mol. The van der Waals surface area contributed by atoms with Crippen LogP contribution in [0.4, 0.5) is 4.39 Å². The van der Waals surface area contributed by atoms with Crippen LogP contribution in [0.3, 0.4) is 0 Å². The summed E-state index contributed by atoms with van der Waals surface area (Å²) in [6.07, 6.45) is 4.80. The third kappa shape index (κ3) is 3.66. The highest BCUT2D eigenvalue weighted by atomic mass is 19.1. The molecule has 2 unspecified atom stereocenters. The first-order valence-corrected chi connectivity index (χ1v) is 12.7. The van der Waals surface area contributed by atoms with Crippen LogP contribution in [0.15, 0.2) is 41.2 Å². The fraction of sp³-hybridized carbons (Fsp3) is 0.481. The lowest BCUT2D eigenvalue weighted by Crippen LogP contribution is -2.41. The van der Waals surface area contributed by atoms with Crippen LogP contribution in [0.1, 0.15) is 61.2 Å². The number of ether oxygens (including phenoxy) is 1. The molecule has 1 saturated heterocycles. The average molecular weight is 479 g/mol. The van der Waals surface area contributed by atoms with Crippen LogP contribution in [0.2, 0.25) is 0 Å². The fourth-order valence-corrected chi connectivity index (χ4v) is 6.49. The standard InChI is InChI=1S/C27H31FN4O3/c1-29-24(33)16-31-22-4-2-3-5-23(22)32(27(31)34)18-10-13-30(14-11-18)21-9-6-17-12-15-35-26-20(28)8-7-19(21)25(17)26/h2-5,7-8,17-18,21H,6,9-16H2,1H3,(H,29,33). The second-order valence-electron chi connectivity index (χ2n) is 9.97. The first-order valence-electron chi connectivity index (χ1n) is 12.7. The first-order chi connectivity index (χ1) is 17.1. The lowest BCUT2D eigenvalue weighted by Gasteiger charge is -2.43. The van der Waals surface area contributed by atoms with E-state index in [1.807, 2.05) is 34.9 Å². The van der Waals surface area contributed by atoms with Crippen LogP contribution < -0.4 is 15.7 Å². The van der Waals surface area contributed by atoms with Gasteiger partial charge in [0.15, 0.2) is 11.6 Å². The number of carbonyl (C=O) groups excluding carboxylic acids is 1. The van der Waals surface area contributed by atoms with Crippen LogP contribution >= 0.6 is 0 Å². The maximum atomic E-state index is 14.5. The van der Waals surface area contributed by atoms with Gasteiger partial charge in [-0.25, -0.2) is 9.18 Å².